The molecule has 0 unspecified atom stereocenters. The number of carbonyl (C=O) groups excluding carboxylic acids is 1. The molecule has 4 rings (SSSR count). The van der Waals surface area contributed by atoms with Crippen molar-refractivity contribution < 1.29 is 9.53 Å². The maximum absolute atomic E-state index is 13.3. The van der Waals surface area contributed by atoms with Gasteiger partial charge in [0.15, 0.2) is 0 Å². The summed E-state index contributed by atoms with van der Waals surface area (Å²) in [6, 6.07) is 21.1. The van der Waals surface area contributed by atoms with Gasteiger partial charge in [-0.05, 0) is 74.0 Å². The predicted octanol–water partition coefficient (Wildman–Crippen LogP) is 7.39. The second-order valence-corrected chi connectivity index (χ2v) is 8.92. The van der Waals surface area contributed by atoms with Gasteiger partial charge < -0.3 is 10.1 Å². The average Bonchev–Trinajstić information content (AvgIpc) is 2.75. The Labute approximate surface area is 197 Å². The zero-order chi connectivity index (χ0) is 22.0. The van der Waals surface area contributed by atoms with Crippen molar-refractivity contribution in [1.29, 1.82) is 0 Å². The Kier molecular flexibility index (Phi) is 6.39. The minimum Gasteiger partial charge on any atom is -0.494 e. The fourth-order valence-electron chi connectivity index (χ4n) is 3.41. The highest BCUT2D eigenvalue weighted by Crippen LogP contribution is 2.30. The van der Waals surface area contributed by atoms with E-state index in [1.807, 2.05) is 80.6 Å². The molecule has 0 spiro atoms. The van der Waals surface area contributed by atoms with Crippen LogP contribution < -0.4 is 10.1 Å². The first kappa shape index (κ1) is 21.5. The Morgan fingerprint density at radius 3 is 2.35 bits per heavy atom. The Hall–Kier alpha value is -2.70. The molecule has 1 heterocycles. The number of hydrogen-bond acceptors (Lipinski definition) is 3. The molecule has 0 radical (unpaired) electrons. The van der Waals surface area contributed by atoms with Crippen LogP contribution in [0.1, 0.15) is 22.8 Å². The Morgan fingerprint density at radius 1 is 0.968 bits per heavy atom. The number of nitrogens with zero attached hydrogens (tertiary/aromatic N) is 1. The molecule has 0 bridgehead atoms. The Balaban J connectivity index is 1.78. The SMILES string of the molecule is CCOc1ccc(NC(=O)c2cc(-c3ccc(Br)cc3)nc3c(C)cc(Br)cc23)cc1. The summed E-state index contributed by atoms with van der Waals surface area (Å²) in [6.07, 6.45) is 0. The van der Waals surface area contributed by atoms with Gasteiger partial charge in [-0.1, -0.05) is 44.0 Å². The van der Waals surface area contributed by atoms with Crippen molar-refractivity contribution in [3.63, 3.8) is 0 Å². The molecule has 6 heteroatoms. The van der Waals surface area contributed by atoms with Crippen LogP contribution in [0.3, 0.4) is 0 Å². The predicted molar refractivity (Wildman–Crippen MR) is 133 cm³/mol. The molecular weight excluding hydrogens is 520 g/mol. The van der Waals surface area contributed by atoms with Gasteiger partial charge in [-0.2, -0.15) is 0 Å². The largest absolute Gasteiger partial charge is 0.494 e. The van der Waals surface area contributed by atoms with Gasteiger partial charge in [-0.15, -0.1) is 0 Å². The van der Waals surface area contributed by atoms with Gasteiger partial charge in [0.2, 0.25) is 0 Å². The van der Waals surface area contributed by atoms with Gasteiger partial charge in [0.25, 0.3) is 5.91 Å². The van der Waals surface area contributed by atoms with Gasteiger partial charge in [0.05, 0.1) is 23.4 Å². The number of fused-ring (bicyclic) bond motifs is 1. The molecule has 156 valence electrons. The number of carbonyl (C=O) groups is 1. The molecule has 1 N–H and O–H groups in total. The lowest BCUT2D eigenvalue weighted by Gasteiger charge is -2.13. The maximum atomic E-state index is 13.3. The van der Waals surface area contributed by atoms with Crippen LogP contribution in [0.15, 0.2) is 75.7 Å². The number of ether oxygens (including phenoxy) is 1. The molecular formula is C25H20Br2N2O2. The van der Waals surface area contributed by atoms with Crippen LogP contribution in [0.2, 0.25) is 0 Å². The van der Waals surface area contributed by atoms with E-state index in [-0.39, 0.29) is 5.91 Å². The Morgan fingerprint density at radius 2 is 1.68 bits per heavy atom. The molecule has 0 saturated heterocycles. The number of aromatic nitrogens is 1. The van der Waals surface area contributed by atoms with Crippen molar-refractivity contribution in [3.05, 3.63) is 86.8 Å². The van der Waals surface area contributed by atoms with E-state index in [9.17, 15) is 4.79 Å². The molecule has 0 aliphatic rings. The van der Waals surface area contributed by atoms with Crippen molar-refractivity contribution >= 4 is 54.4 Å². The third kappa shape index (κ3) is 4.81. The van der Waals surface area contributed by atoms with E-state index in [0.29, 0.717) is 17.9 Å². The molecule has 0 saturated carbocycles. The number of pyridine rings is 1. The molecule has 0 atom stereocenters. The first-order valence-corrected chi connectivity index (χ1v) is 11.4. The lowest BCUT2D eigenvalue weighted by atomic mass is 10.0. The molecule has 0 aliphatic heterocycles. The molecule has 1 amide bonds. The molecule has 4 aromatic rings. The van der Waals surface area contributed by atoms with Crippen LogP contribution in [0, 0.1) is 6.92 Å². The highest BCUT2D eigenvalue weighted by atomic mass is 79.9. The molecule has 0 fully saturated rings. The number of amides is 1. The van der Waals surface area contributed by atoms with Crippen molar-refractivity contribution in [2.75, 3.05) is 11.9 Å². The second kappa shape index (κ2) is 9.20. The quantitative estimate of drug-likeness (QED) is 0.287. The van der Waals surface area contributed by atoms with Crippen molar-refractivity contribution in [2.45, 2.75) is 13.8 Å². The summed E-state index contributed by atoms with van der Waals surface area (Å²) in [6.45, 7) is 4.54. The van der Waals surface area contributed by atoms with Crippen LogP contribution in [0.5, 0.6) is 5.75 Å². The standard InChI is InChI=1S/C25H20Br2N2O2/c1-3-31-20-10-8-19(9-11-20)28-25(30)22-14-23(16-4-6-17(26)7-5-16)29-24-15(2)12-18(27)13-21(22)24/h4-14H,3H2,1-2H3,(H,28,30). The van der Waals surface area contributed by atoms with Crippen LogP contribution in [0.4, 0.5) is 5.69 Å². The monoisotopic (exact) mass is 538 g/mol. The summed E-state index contributed by atoms with van der Waals surface area (Å²) >= 11 is 7.02. The number of anilines is 1. The molecule has 0 aliphatic carbocycles. The van der Waals surface area contributed by atoms with Crippen LogP contribution in [-0.2, 0) is 0 Å². The summed E-state index contributed by atoms with van der Waals surface area (Å²) in [5, 5.41) is 3.80. The minimum absolute atomic E-state index is 0.188. The van der Waals surface area contributed by atoms with E-state index in [1.165, 1.54) is 0 Å². The fourth-order valence-corrected chi connectivity index (χ4v) is 4.25. The summed E-state index contributed by atoms with van der Waals surface area (Å²) in [5.41, 5.74) is 4.78. The lowest BCUT2D eigenvalue weighted by Crippen LogP contribution is -2.13. The molecule has 1 aromatic heterocycles. The molecule has 3 aromatic carbocycles. The second-order valence-electron chi connectivity index (χ2n) is 7.09. The number of halogens is 2. The van der Waals surface area contributed by atoms with Gasteiger partial charge >= 0.3 is 0 Å². The van der Waals surface area contributed by atoms with Crippen molar-refractivity contribution in [1.82, 2.24) is 4.98 Å². The Bertz CT molecular complexity index is 1250. The first-order valence-electron chi connectivity index (χ1n) is 9.85. The number of nitrogens with one attached hydrogen (secondary N) is 1. The zero-order valence-corrected chi connectivity index (χ0v) is 20.2. The minimum atomic E-state index is -0.188. The highest BCUT2D eigenvalue weighted by Gasteiger charge is 2.16. The summed E-state index contributed by atoms with van der Waals surface area (Å²) in [5.74, 6) is 0.583. The van der Waals surface area contributed by atoms with Gasteiger partial charge in [-0.3, -0.25) is 4.79 Å². The number of aryl methyl sites for hydroxylation is 1. The van der Waals surface area contributed by atoms with E-state index in [4.69, 9.17) is 9.72 Å². The summed E-state index contributed by atoms with van der Waals surface area (Å²) in [4.78, 5) is 18.2. The fraction of sp³-hybridized carbons (Fsp3) is 0.120. The van der Waals surface area contributed by atoms with E-state index >= 15 is 0 Å². The molecule has 4 nitrogen and oxygen atoms in total. The number of benzene rings is 3. The van der Waals surface area contributed by atoms with E-state index in [0.717, 1.165) is 42.4 Å². The number of hydrogen-bond donors (Lipinski definition) is 1. The topological polar surface area (TPSA) is 51.2 Å². The number of rotatable bonds is 5. The van der Waals surface area contributed by atoms with Crippen molar-refractivity contribution in [3.8, 4) is 17.0 Å². The normalized spacial score (nSPS) is 10.8. The van der Waals surface area contributed by atoms with Crippen LogP contribution in [0.25, 0.3) is 22.2 Å². The zero-order valence-electron chi connectivity index (χ0n) is 17.1. The average molecular weight is 540 g/mol. The third-order valence-corrected chi connectivity index (χ3v) is 5.86. The van der Waals surface area contributed by atoms with E-state index in [2.05, 4.69) is 37.2 Å². The third-order valence-electron chi connectivity index (χ3n) is 4.88. The van der Waals surface area contributed by atoms with Crippen molar-refractivity contribution in [2.24, 2.45) is 0 Å². The van der Waals surface area contributed by atoms with Crippen LogP contribution >= 0.6 is 31.9 Å². The first-order chi connectivity index (χ1) is 14.9. The highest BCUT2D eigenvalue weighted by molar-refractivity contribution is 9.10. The van der Waals surface area contributed by atoms with Gasteiger partial charge in [-0.25, -0.2) is 4.98 Å². The van der Waals surface area contributed by atoms with Gasteiger partial charge in [0, 0.05) is 25.6 Å². The van der Waals surface area contributed by atoms with E-state index in [1.54, 1.807) is 0 Å². The van der Waals surface area contributed by atoms with Crippen LogP contribution in [-0.4, -0.2) is 17.5 Å². The lowest BCUT2D eigenvalue weighted by molar-refractivity contribution is 0.102. The summed E-state index contributed by atoms with van der Waals surface area (Å²) in [7, 11) is 0. The van der Waals surface area contributed by atoms with Gasteiger partial charge in [0.1, 0.15) is 5.75 Å². The summed E-state index contributed by atoms with van der Waals surface area (Å²) < 4.78 is 7.38. The smallest absolute Gasteiger partial charge is 0.256 e. The molecule has 31 heavy (non-hydrogen) atoms. The van der Waals surface area contributed by atoms with E-state index < -0.39 is 0 Å². The maximum Gasteiger partial charge on any atom is 0.256 e.